The van der Waals surface area contributed by atoms with Crippen LogP contribution >= 0.6 is 0 Å². The number of hydrogen-bond acceptors (Lipinski definition) is 2. The van der Waals surface area contributed by atoms with Crippen molar-refractivity contribution >= 4 is 17.7 Å². The second-order valence-electron chi connectivity index (χ2n) is 4.57. The van der Waals surface area contributed by atoms with Gasteiger partial charge in [0, 0.05) is 12.7 Å². The van der Waals surface area contributed by atoms with Gasteiger partial charge in [-0.15, -0.1) is 0 Å². The summed E-state index contributed by atoms with van der Waals surface area (Å²) in [5.74, 6) is -0.955. The average Bonchev–Trinajstić information content (AvgIpc) is 2.33. The first-order valence-corrected chi connectivity index (χ1v) is 5.89. The summed E-state index contributed by atoms with van der Waals surface area (Å²) in [6, 6.07) is 8.73. The molecule has 0 saturated heterocycles. The number of carboxylic acids is 1. The molecule has 2 rings (SSSR count). The number of carboxylic acid groups (broad SMARTS) is 1. The Hall–Kier alpha value is -2.04. The molecule has 0 atom stereocenters. The highest BCUT2D eigenvalue weighted by Crippen LogP contribution is 2.32. The van der Waals surface area contributed by atoms with Gasteiger partial charge in [0.15, 0.2) is 0 Å². The smallest absolute Gasteiger partial charge is 0.329 e. The van der Waals surface area contributed by atoms with Crippen LogP contribution in [0.5, 0.6) is 0 Å². The van der Waals surface area contributed by atoms with Crippen molar-refractivity contribution in [3.63, 3.8) is 0 Å². The molecule has 0 unspecified atom stereocenters. The highest BCUT2D eigenvalue weighted by molar-refractivity contribution is 5.95. The summed E-state index contributed by atoms with van der Waals surface area (Å²) in [5.41, 5.74) is -0.338. The van der Waals surface area contributed by atoms with Crippen molar-refractivity contribution in [3.05, 3.63) is 30.3 Å². The second kappa shape index (κ2) is 4.68. The number of rotatable bonds is 3. The molecule has 0 spiro atoms. The molecule has 1 aromatic rings. The normalized spacial score (nSPS) is 16.5. The van der Waals surface area contributed by atoms with Crippen LogP contribution in [0.25, 0.3) is 0 Å². The fraction of sp³-hybridized carbons (Fsp3) is 0.385. The molecule has 2 N–H and O–H groups in total. The van der Waals surface area contributed by atoms with Crippen LogP contribution in [0, 0.1) is 0 Å². The van der Waals surface area contributed by atoms with E-state index in [1.54, 1.807) is 19.2 Å². The van der Waals surface area contributed by atoms with E-state index in [-0.39, 0.29) is 6.03 Å². The van der Waals surface area contributed by atoms with Gasteiger partial charge in [0.1, 0.15) is 5.54 Å². The van der Waals surface area contributed by atoms with Crippen LogP contribution in [0.3, 0.4) is 0 Å². The van der Waals surface area contributed by atoms with Gasteiger partial charge in [-0.3, -0.25) is 4.90 Å². The number of amides is 2. The summed E-state index contributed by atoms with van der Waals surface area (Å²) in [6.07, 6.45) is 1.83. The monoisotopic (exact) mass is 248 g/mol. The maximum Gasteiger partial charge on any atom is 0.329 e. The predicted octanol–water partition coefficient (Wildman–Crippen LogP) is 1.84. The van der Waals surface area contributed by atoms with Crippen LogP contribution in [-0.2, 0) is 4.79 Å². The van der Waals surface area contributed by atoms with Crippen LogP contribution < -0.4 is 10.2 Å². The van der Waals surface area contributed by atoms with Crippen molar-refractivity contribution in [1.29, 1.82) is 0 Å². The molecule has 5 heteroatoms. The molecule has 0 bridgehead atoms. The van der Waals surface area contributed by atoms with E-state index in [1.165, 1.54) is 4.90 Å². The number of anilines is 1. The number of benzene rings is 1. The van der Waals surface area contributed by atoms with Gasteiger partial charge in [0.25, 0.3) is 0 Å². The Labute approximate surface area is 105 Å². The van der Waals surface area contributed by atoms with Gasteiger partial charge in [-0.2, -0.15) is 0 Å². The van der Waals surface area contributed by atoms with Gasteiger partial charge in [-0.05, 0) is 31.4 Å². The molecule has 1 fully saturated rings. The van der Waals surface area contributed by atoms with Crippen molar-refractivity contribution in [2.75, 3.05) is 11.9 Å². The molecule has 0 radical (unpaired) electrons. The summed E-state index contributed by atoms with van der Waals surface area (Å²) in [7, 11) is 1.62. The standard InChI is InChI=1S/C13H16N2O3/c1-15(10-6-3-2-4-7-10)12(18)14-13(11(16)17)8-5-9-13/h2-4,6-7H,5,8-9H2,1H3,(H,14,18)(H,16,17). The lowest BCUT2D eigenvalue weighted by molar-refractivity contribution is -0.148. The number of nitrogens with zero attached hydrogens (tertiary/aromatic N) is 1. The molecule has 1 saturated carbocycles. The minimum atomic E-state index is -1.07. The summed E-state index contributed by atoms with van der Waals surface area (Å²) < 4.78 is 0. The Morgan fingerprint density at radius 3 is 2.33 bits per heavy atom. The first-order valence-electron chi connectivity index (χ1n) is 5.89. The van der Waals surface area contributed by atoms with Crippen LogP contribution in [-0.4, -0.2) is 29.7 Å². The SMILES string of the molecule is CN(C(=O)NC1(C(=O)O)CCC1)c1ccccc1. The van der Waals surface area contributed by atoms with E-state index in [0.29, 0.717) is 12.8 Å². The predicted molar refractivity (Wildman–Crippen MR) is 67.6 cm³/mol. The van der Waals surface area contributed by atoms with Crippen molar-refractivity contribution in [2.24, 2.45) is 0 Å². The van der Waals surface area contributed by atoms with Crippen molar-refractivity contribution < 1.29 is 14.7 Å². The van der Waals surface area contributed by atoms with Crippen LogP contribution in [0.1, 0.15) is 19.3 Å². The van der Waals surface area contributed by atoms with Crippen LogP contribution in [0.4, 0.5) is 10.5 Å². The van der Waals surface area contributed by atoms with E-state index in [4.69, 9.17) is 5.11 Å². The fourth-order valence-electron chi connectivity index (χ4n) is 1.98. The molecule has 2 amide bonds. The lowest BCUT2D eigenvalue weighted by Gasteiger charge is -2.39. The first kappa shape index (κ1) is 12.4. The van der Waals surface area contributed by atoms with Gasteiger partial charge in [0.2, 0.25) is 0 Å². The largest absolute Gasteiger partial charge is 0.480 e. The number of carbonyl (C=O) groups is 2. The number of para-hydroxylation sites is 1. The first-order chi connectivity index (χ1) is 8.55. The van der Waals surface area contributed by atoms with E-state index in [9.17, 15) is 9.59 Å². The maximum atomic E-state index is 12.0. The van der Waals surface area contributed by atoms with Crippen molar-refractivity contribution in [1.82, 2.24) is 5.32 Å². The molecule has 0 aliphatic heterocycles. The Balaban J connectivity index is 2.06. The van der Waals surface area contributed by atoms with Crippen LogP contribution in [0.15, 0.2) is 30.3 Å². The van der Waals surface area contributed by atoms with E-state index in [1.807, 2.05) is 18.2 Å². The molecule has 1 aliphatic rings. The summed E-state index contributed by atoms with van der Waals surface area (Å²) in [4.78, 5) is 24.6. The lowest BCUT2D eigenvalue weighted by atomic mass is 9.77. The number of carbonyl (C=O) groups excluding carboxylic acids is 1. The topological polar surface area (TPSA) is 69.6 Å². The summed E-state index contributed by atoms with van der Waals surface area (Å²) in [5, 5.41) is 11.8. The van der Waals surface area contributed by atoms with E-state index >= 15 is 0 Å². The highest BCUT2D eigenvalue weighted by atomic mass is 16.4. The van der Waals surface area contributed by atoms with Gasteiger partial charge >= 0.3 is 12.0 Å². The average molecular weight is 248 g/mol. The molecule has 1 aromatic carbocycles. The van der Waals surface area contributed by atoms with Gasteiger partial charge in [0.05, 0.1) is 0 Å². The number of aliphatic carboxylic acids is 1. The Kier molecular flexibility index (Phi) is 3.23. The van der Waals surface area contributed by atoms with E-state index < -0.39 is 11.5 Å². The Morgan fingerprint density at radius 2 is 1.89 bits per heavy atom. The molecular weight excluding hydrogens is 232 g/mol. The minimum Gasteiger partial charge on any atom is -0.480 e. The molecule has 96 valence electrons. The fourth-order valence-corrected chi connectivity index (χ4v) is 1.98. The molecular formula is C13H16N2O3. The highest BCUT2D eigenvalue weighted by Gasteiger charge is 2.46. The molecule has 0 aromatic heterocycles. The van der Waals surface area contributed by atoms with E-state index in [2.05, 4.69) is 5.32 Å². The third-order valence-corrected chi connectivity index (χ3v) is 3.41. The number of hydrogen-bond donors (Lipinski definition) is 2. The van der Waals surface area contributed by atoms with Gasteiger partial charge in [-0.1, -0.05) is 18.2 Å². The van der Waals surface area contributed by atoms with Gasteiger partial charge in [-0.25, -0.2) is 9.59 Å². The summed E-state index contributed by atoms with van der Waals surface area (Å²) in [6.45, 7) is 0. The zero-order valence-corrected chi connectivity index (χ0v) is 10.2. The lowest BCUT2D eigenvalue weighted by Crippen LogP contribution is -2.61. The third kappa shape index (κ3) is 2.16. The number of urea groups is 1. The Bertz CT molecular complexity index is 455. The second-order valence-corrected chi connectivity index (χ2v) is 4.57. The zero-order chi connectivity index (χ0) is 13.2. The molecule has 18 heavy (non-hydrogen) atoms. The van der Waals surface area contributed by atoms with E-state index in [0.717, 1.165) is 12.1 Å². The molecule has 5 nitrogen and oxygen atoms in total. The minimum absolute atomic E-state index is 0.386. The van der Waals surface area contributed by atoms with Crippen molar-refractivity contribution in [3.8, 4) is 0 Å². The third-order valence-electron chi connectivity index (χ3n) is 3.41. The van der Waals surface area contributed by atoms with Gasteiger partial charge < -0.3 is 10.4 Å². The van der Waals surface area contributed by atoms with Crippen molar-refractivity contribution in [2.45, 2.75) is 24.8 Å². The summed E-state index contributed by atoms with van der Waals surface area (Å²) >= 11 is 0. The molecule has 0 heterocycles. The quantitative estimate of drug-likeness (QED) is 0.857. The zero-order valence-electron chi connectivity index (χ0n) is 10.2. The Morgan fingerprint density at radius 1 is 1.28 bits per heavy atom. The number of nitrogens with one attached hydrogen (secondary N) is 1. The molecule has 1 aliphatic carbocycles. The maximum absolute atomic E-state index is 12.0. The van der Waals surface area contributed by atoms with Crippen LogP contribution in [0.2, 0.25) is 0 Å².